The van der Waals surface area contributed by atoms with Gasteiger partial charge in [-0.15, -0.1) is 0 Å². The van der Waals surface area contributed by atoms with Crippen molar-refractivity contribution in [3.8, 4) is 28.3 Å². The van der Waals surface area contributed by atoms with Gasteiger partial charge in [0.15, 0.2) is 5.69 Å². The Balaban J connectivity index is 1.70. The maximum Gasteiger partial charge on any atom is 0.358 e. The molecule has 0 fully saturated rings. The molecular weight excluding hydrogens is 530 g/mol. The third-order valence-electron chi connectivity index (χ3n) is 6.72. The Bertz CT molecular complexity index is 1710. The molecule has 9 nitrogen and oxygen atoms in total. The first-order valence-corrected chi connectivity index (χ1v) is 13.0. The zero-order valence-corrected chi connectivity index (χ0v) is 23.8. The Morgan fingerprint density at radius 2 is 1.85 bits per heavy atom. The molecule has 0 amide bonds. The fourth-order valence-electron chi connectivity index (χ4n) is 4.81. The zero-order chi connectivity index (χ0) is 28.6. The average Bonchev–Trinajstić information content (AvgIpc) is 3.29. The number of esters is 1. The number of nitrogens with zero attached hydrogens (tertiary/aromatic N) is 4. The molecule has 0 saturated heterocycles. The lowest BCUT2D eigenvalue weighted by atomic mass is 9.93. The van der Waals surface area contributed by atoms with E-state index < -0.39 is 5.97 Å². The highest BCUT2D eigenvalue weighted by Crippen LogP contribution is 2.39. The Hall–Kier alpha value is -4.50. The summed E-state index contributed by atoms with van der Waals surface area (Å²) >= 11 is 6.07. The van der Waals surface area contributed by atoms with Gasteiger partial charge in [-0.1, -0.05) is 22.8 Å². The van der Waals surface area contributed by atoms with E-state index in [1.807, 2.05) is 45.9 Å². The number of aryl methyl sites for hydroxylation is 3. The average molecular weight is 558 g/mol. The number of carbonyl (C=O) groups excluding carboxylic acids is 1. The van der Waals surface area contributed by atoms with Crippen molar-refractivity contribution in [1.29, 1.82) is 0 Å². The van der Waals surface area contributed by atoms with E-state index in [0.717, 1.165) is 50.1 Å². The SMILES string of the molecule is COC(=O)c1nc(Cl)ccc1N[C@H](C)c1cc(C)cc2nc(-c3c(C)noc3C)c(-c3ccc(OC)nc3)cc12. The van der Waals surface area contributed by atoms with Crippen molar-refractivity contribution >= 4 is 34.2 Å². The first kappa shape index (κ1) is 27.1. The molecule has 1 N–H and O–H groups in total. The number of carbonyl (C=O) groups is 1. The van der Waals surface area contributed by atoms with Crippen LogP contribution in [-0.2, 0) is 4.74 Å². The number of benzene rings is 1. The molecular formula is C30H28ClN5O4. The van der Waals surface area contributed by atoms with Crippen LogP contribution in [0.25, 0.3) is 33.3 Å². The number of aromatic nitrogens is 4. The summed E-state index contributed by atoms with van der Waals surface area (Å²) in [4.78, 5) is 26.2. The van der Waals surface area contributed by atoms with Crippen LogP contribution in [0.2, 0.25) is 5.15 Å². The van der Waals surface area contributed by atoms with Gasteiger partial charge >= 0.3 is 5.97 Å². The molecule has 5 aromatic rings. The summed E-state index contributed by atoms with van der Waals surface area (Å²) in [6, 6.07) is 13.2. The van der Waals surface area contributed by atoms with Crippen LogP contribution in [0, 0.1) is 20.8 Å². The quantitative estimate of drug-likeness (QED) is 0.169. The maximum absolute atomic E-state index is 12.4. The number of rotatable bonds is 7. The van der Waals surface area contributed by atoms with E-state index in [9.17, 15) is 4.79 Å². The third-order valence-corrected chi connectivity index (χ3v) is 6.93. The molecule has 1 aromatic carbocycles. The van der Waals surface area contributed by atoms with Gasteiger partial charge in [0, 0.05) is 34.8 Å². The van der Waals surface area contributed by atoms with Crippen molar-refractivity contribution in [2.24, 2.45) is 0 Å². The van der Waals surface area contributed by atoms with Crippen LogP contribution in [0.5, 0.6) is 5.88 Å². The van der Waals surface area contributed by atoms with Gasteiger partial charge in [0.25, 0.3) is 0 Å². The highest BCUT2D eigenvalue weighted by molar-refractivity contribution is 6.29. The molecule has 0 spiro atoms. The highest BCUT2D eigenvalue weighted by atomic mass is 35.5. The molecule has 1 atom stereocenters. The van der Waals surface area contributed by atoms with Crippen molar-refractivity contribution in [3.63, 3.8) is 0 Å². The summed E-state index contributed by atoms with van der Waals surface area (Å²) in [7, 11) is 2.89. The van der Waals surface area contributed by atoms with Crippen LogP contribution in [0.1, 0.15) is 46.0 Å². The molecule has 10 heteroatoms. The summed E-state index contributed by atoms with van der Waals surface area (Å²) in [5.74, 6) is 0.621. The van der Waals surface area contributed by atoms with Crippen LogP contribution < -0.4 is 10.1 Å². The van der Waals surface area contributed by atoms with Crippen LogP contribution in [0.4, 0.5) is 5.69 Å². The monoisotopic (exact) mass is 557 g/mol. The minimum atomic E-state index is -0.577. The third kappa shape index (κ3) is 5.08. The molecule has 0 unspecified atom stereocenters. The summed E-state index contributed by atoms with van der Waals surface area (Å²) in [6.45, 7) is 7.82. The second kappa shape index (κ2) is 10.9. The van der Waals surface area contributed by atoms with E-state index >= 15 is 0 Å². The van der Waals surface area contributed by atoms with Crippen molar-refractivity contribution in [3.05, 3.63) is 82.1 Å². The van der Waals surface area contributed by atoms with Gasteiger partial charge in [0.05, 0.1) is 42.4 Å². The topological polar surface area (TPSA) is 112 Å². The normalized spacial score (nSPS) is 11.9. The smallest absolute Gasteiger partial charge is 0.358 e. The Morgan fingerprint density at radius 3 is 2.50 bits per heavy atom. The Labute approximate surface area is 236 Å². The first-order chi connectivity index (χ1) is 19.2. The van der Waals surface area contributed by atoms with E-state index in [1.54, 1.807) is 25.4 Å². The molecule has 204 valence electrons. The van der Waals surface area contributed by atoms with Gasteiger partial charge in [0.2, 0.25) is 5.88 Å². The van der Waals surface area contributed by atoms with E-state index in [0.29, 0.717) is 17.3 Å². The molecule has 4 heterocycles. The molecule has 40 heavy (non-hydrogen) atoms. The molecule has 5 rings (SSSR count). The Kier molecular flexibility index (Phi) is 7.40. The fourth-order valence-corrected chi connectivity index (χ4v) is 4.96. The molecule has 0 radical (unpaired) electrons. The maximum atomic E-state index is 12.4. The largest absolute Gasteiger partial charge is 0.481 e. The van der Waals surface area contributed by atoms with Crippen molar-refractivity contribution < 1.29 is 18.8 Å². The number of fused-ring (bicyclic) bond motifs is 1. The van der Waals surface area contributed by atoms with Gasteiger partial charge in [-0.05, 0) is 69.2 Å². The van der Waals surface area contributed by atoms with Gasteiger partial charge in [-0.25, -0.2) is 19.7 Å². The van der Waals surface area contributed by atoms with E-state index in [2.05, 4.69) is 32.6 Å². The van der Waals surface area contributed by atoms with Crippen molar-refractivity contribution in [2.75, 3.05) is 19.5 Å². The molecule has 0 aliphatic rings. The predicted molar refractivity (Wildman–Crippen MR) is 154 cm³/mol. The lowest BCUT2D eigenvalue weighted by molar-refractivity contribution is 0.0595. The summed E-state index contributed by atoms with van der Waals surface area (Å²) in [5.41, 5.74) is 7.55. The van der Waals surface area contributed by atoms with Crippen LogP contribution in [0.3, 0.4) is 0 Å². The number of ether oxygens (including phenoxy) is 2. The lowest BCUT2D eigenvalue weighted by Gasteiger charge is -2.21. The summed E-state index contributed by atoms with van der Waals surface area (Å²) in [6.07, 6.45) is 1.76. The van der Waals surface area contributed by atoms with Gasteiger partial charge in [-0.3, -0.25) is 0 Å². The standard InChI is InChI=1S/C30H28ClN5O4/c1-15-11-20(16(2)33-23-8-9-25(31)35-29(23)30(37)39-6)22-13-21(19-7-10-26(38-5)32-14-19)28(34-24(22)12-15)27-17(3)36-40-18(27)4/h7-14,16,33H,1-6H3/t16-/m1/s1. The zero-order valence-electron chi connectivity index (χ0n) is 23.0. The number of halogens is 1. The molecule has 4 aromatic heterocycles. The number of anilines is 1. The first-order valence-electron chi connectivity index (χ1n) is 12.6. The number of pyridine rings is 3. The van der Waals surface area contributed by atoms with Gasteiger partial charge in [-0.2, -0.15) is 0 Å². The summed E-state index contributed by atoms with van der Waals surface area (Å²) < 4.78 is 15.7. The molecule has 0 bridgehead atoms. The number of methoxy groups -OCH3 is 2. The van der Waals surface area contributed by atoms with Crippen molar-refractivity contribution in [1.82, 2.24) is 20.1 Å². The number of hydrogen-bond acceptors (Lipinski definition) is 9. The molecule has 0 aliphatic carbocycles. The van der Waals surface area contributed by atoms with E-state index in [-0.39, 0.29) is 16.9 Å². The predicted octanol–water partition coefficient (Wildman–Crippen LogP) is 6.89. The fraction of sp³-hybridized carbons (Fsp3) is 0.233. The van der Waals surface area contributed by atoms with Crippen LogP contribution in [-0.4, -0.2) is 40.3 Å². The molecule has 0 aliphatic heterocycles. The second-order valence-electron chi connectivity index (χ2n) is 9.48. The number of hydrogen-bond donors (Lipinski definition) is 1. The van der Waals surface area contributed by atoms with E-state index in [1.165, 1.54) is 7.11 Å². The Morgan fingerprint density at radius 1 is 1.05 bits per heavy atom. The lowest BCUT2D eigenvalue weighted by Crippen LogP contribution is -2.14. The molecule has 0 saturated carbocycles. The second-order valence-corrected chi connectivity index (χ2v) is 9.87. The van der Waals surface area contributed by atoms with Gasteiger partial charge < -0.3 is 19.3 Å². The number of nitrogens with one attached hydrogen (secondary N) is 1. The highest BCUT2D eigenvalue weighted by Gasteiger charge is 2.22. The van der Waals surface area contributed by atoms with E-state index in [4.69, 9.17) is 30.6 Å². The van der Waals surface area contributed by atoms with Crippen LogP contribution >= 0.6 is 11.6 Å². The van der Waals surface area contributed by atoms with Gasteiger partial charge in [0.1, 0.15) is 10.9 Å². The van der Waals surface area contributed by atoms with Crippen LogP contribution in [0.15, 0.2) is 53.2 Å². The minimum Gasteiger partial charge on any atom is -0.481 e. The summed E-state index contributed by atoms with van der Waals surface area (Å²) in [5, 5.41) is 8.73. The minimum absolute atomic E-state index is 0.114. The van der Waals surface area contributed by atoms with Crippen molar-refractivity contribution in [2.45, 2.75) is 33.7 Å².